The van der Waals surface area contributed by atoms with Crippen molar-refractivity contribution in [2.75, 3.05) is 0 Å². The Morgan fingerprint density at radius 3 is 3.00 bits per heavy atom. The van der Waals surface area contributed by atoms with Crippen LogP contribution in [-0.4, -0.2) is 19.9 Å². The molecule has 0 saturated heterocycles. The summed E-state index contributed by atoms with van der Waals surface area (Å²) in [6.45, 7) is 0. The summed E-state index contributed by atoms with van der Waals surface area (Å²) in [6, 6.07) is 6.05. The number of hydrogen-bond acceptors (Lipinski definition) is 5. The molecule has 0 radical (unpaired) electrons. The van der Waals surface area contributed by atoms with Gasteiger partial charge in [0.1, 0.15) is 22.9 Å². The molecule has 0 spiro atoms. The van der Waals surface area contributed by atoms with Gasteiger partial charge in [0, 0.05) is 6.20 Å². The third-order valence-corrected chi connectivity index (χ3v) is 3.75. The lowest BCUT2D eigenvalue weighted by Crippen LogP contribution is -1.84. The third kappa shape index (κ3) is 1.23. The molecule has 4 heterocycles. The summed E-state index contributed by atoms with van der Waals surface area (Å²) in [5, 5.41) is 0. The number of pyridine rings is 2. The third-order valence-electron chi connectivity index (χ3n) is 2.67. The fourth-order valence-electron chi connectivity index (χ4n) is 1.91. The van der Waals surface area contributed by atoms with Gasteiger partial charge in [-0.05, 0) is 18.2 Å². The Hall–Kier alpha value is -2.14. The predicted octanol–water partition coefficient (Wildman–Crippen LogP) is 2.79. The highest BCUT2D eigenvalue weighted by molar-refractivity contribution is 7.25. The maximum absolute atomic E-state index is 4.59. The quantitative estimate of drug-likeness (QED) is 0.472. The van der Waals surface area contributed by atoms with Crippen molar-refractivity contribution in [2.24, 2.45) is 0 Å². The fourth-order valence-corrected chi connectivity index (χ4v) is 2.95. The van der Waals surface area contributed by atoms with Crippen LogP contribution in [0.25, 0.3) is 31.5 Å². The molecule has 0 aliphatic carbocycles. The minimum Gasteiger partial charge on any atom is -0.253 e. The molecule has 4 aromatic heterocycles. The SMILES string of the molecule is c1cnc2c(c1)sc1cc3ncncc3nc12. The summed E-state index contributed by atoms with van der Waals surface area (Å²) in [6.07, 6.45) is 5.07. The first-order valence-electron chi connectivity index (χ1n) is 5.16. The second kappa shape index (κ2) is 3.18. The zero-order chi connectivity index (χ0) is 11.2. The number of hydrogen-bond donors (Lipinski definition) is 0. The molecule has 0 atom stereocenters. The number of rotatable bonds is 0. The molecule has 0 fully saturated rings. The second-order valence-electron chi connectivity index (χ2n) is 3.71. The van der Waals surface area contributed by atoms with Crippen LogP contribution in [0, 0.1) is 0 Å². The van der Waals surface area contributed by atoms with Crippen molar-refractivity contribution in [1.82, 2.24) is 19.9 Å². The Morgan fingerprint density at radius 1 is 1.00 bits per heavy atom. The Morgan fingerprint density at radius 2 is 2.00 bits per heavy atom. The molecule has 0 unspecified atom stereocenters. The average Bonchev–Trinajstić information content (AvgIpc) is 2.73. The van der Waals surface area contributed by atoms with Crippen LogP contribution >= 0.6 is 11.3 Å². The first-order chi connectivity index (χ1) is 8.42. The lowest BCUT2D eigenvalue weighted by Gasteiger charge is -1.95. The van der Waals surface area contributed by atoms with E-state index in [9.17, 15) is 0 Å². The van der Waals surface area contributed by atoms with Crippen LogP contribution in [-0.2, 0) is 0 Å². The van der Waals surface area contributed by atoms with Crippen LogP contribution in [0.4, 0.5) is 0 Å². The van der Waals surface area contributed by atoms with Gasteiger partial charge in [-0.15, -0.1) is 11.3 Å². The lowest BCUT2D eigenvalue weighted by atomic mass is 10.3. The highest BCUT2D eigenvalue weighted by Crippen LogP contribution is 2.32. The second-order valence-corrected chi connectivity index (χ2v) is 4.80. The Kier molecular flexibility index (Phi) is 1.67. The monoisotopic (exact) mass is 238 g/mol. The van der Waals surface area contributed by atoms with E-state index in [2.05, 4.69) is 26.0 Å². The van der Waals surface area contributed by atoms with Crippen LogP contribution in [0.5, 0.6) is 0 Å². The first kappa shape index (κ1) is 8.95. The summed E-state index contributed by atoms with van der Waals surface area (Å²) >= 11 is 1.69. The summed E-state index contributed by atoms with van der Waals surface area (Å²) < 4.78 is 2.27. The number of aromatic nitrogens is 4. The van der Waals surface area contributed by atoms with Crippen LogP contribution < -0.4 is 0 Å². The van der Waals surface area contributed by atoms with E-state index < -0.39 is 0 Å². The molecular formula is C12H6N4S. The van der Waals surface area contributed by atoms with E-state index in [1.807, 2.05) is 12.1 Å². The van der Waals surface area contributed by atoms with Gasteiger partial charge in [0.05, 0.1) is 21.1 Å². The highest BCUT2D eigenvalue weighted by atomic mass is 32.1. The van der Waals surface area contributed by atoms with E-state index in [1.54, 1.807) is 30.1 Å². The van der Waals surface area contributed by atoms with Gasteiger partial charge in [-0.3, -0.25) is 4.98 Å². The van der Waals surface area contributed by atoms with E-state index in [0.717, 1.165) is 31.5 Å². The smallest absolute Gasteiger partial charge is 0.116 e. The van der Waals surface area contributed by atoms with Gasteiger partial charge in [0.2, 0.25) is 0 Å². The topological polar surface area (TPSA) is 51.6 Å². The van der Waals surface area contributed by atoms with Crippen molar-refractivity contribution in [1.29, 1.82) is 0 Å². The van der Waals surface area contributed by atoms with Gasteiger partial charge in [-0.25, -0.2) is 15.0 Å². The molecule has 0 aromatic carbocycles. The molecule has 0 aliphatic heterocycles. The van der Waals surface area contributed by atoms with Crippen LogP contribution in [0.3, 0.4) is 0 Å². The van der Waals surface area contributed by atoms with Crippen molar-refractivity contribution in [3.63, 3.8) is 0 Å². The van der Waals surface area contributed by atoms with Gasteiger partial charge in [0.25, 0.3) is 0 Å². The standard InChI is InChI=1S/C12H6N4S/c1-2-9-11(14-3-1)12-10(17-9)4-7-8(16-12)5-13-6-15-7/h1-6H. The minimum absolute atomic E-state index is 0.811. The van der Waals surface area contributed by atoms with Crippen molar-refractivity contribution in [3.05, 3.63) is 36.9 Å². The van der Waals surface area contributed by atoms with Gasteiger partial charge >= 0.3 is 0 Å². The van der Waals surface area contributed by atoms with Crippen molar-refractivity contribution < 1.29 is 0 Å². The maximum Gasteiger partial charge on any atom is 0.116 e. The van der Waals surface area contributed by atoms with E-state index in [0.29, 0.717) is 0 Å². The zero-order valence-electron chi connectivity index (χ0n) is 8.66. The molecule has 4 aromatic rings. The van der Waals surface area contributed by atoms with Crippen LogP contribution in [0.1, 0.15) is 0 Å². The van der Waals surface area contributed by atoms with Gasteiger partial charge in [-0.2, -0.15) is 0 Å². The molecular weight excluding hydrogens is 232 g/mol. The fraction of sp³-hybridized carbons (Fsp3) is 0. The zero-order valence-corrected chi connectivity index (χ0v) is 9.48. The normalized spacial score (nSPS) is 11.5. The molecule has 0 saturated carbocycles. The molecule has 0 bridgehead atoms. The van der Waals surface area contributed by atoms with Gasteiger partial charge in [-0.1, -0.05) is 0 Å². The van der Waals surface area contributed by atoms with Gasteiger partial charge in [0.15, 0.2) is 0 Å². The Labute approximate surface area is 100.0 Å². The number of nitrogens with zero attached hydrogens (tertiary/aromatic N) is 4. The maximum atomic E-state index is 4.59. The summed E-state index contributed by atoms with van der Waals surface area (Å²) in [5.41, 5.74) is 3.58. The van der Waals surface area contributed by atoms with Crippen molar-refractivity contribution in [2.45, 2.75) is 0 Å². The Balaban J connectivity index is 2.28. The molecule has 0 amide bonds. The molecule has 0 aliphatic rings. The number of thiophene rings is 1. The summed E-state index contributed by atoms with van der Waals surface area (Å²) in [7, 11) is 0. The summed E-state index contributed by atoms with van der Waals surface area (Å²) in [5.74, 6) is 0. The van der Waals surface area contributed by atoms with Crippen LogP contribution in [0.2, 0.25) is 0 Å². The van der Waals surface area contributed by atoms with Crippen molar-refractivity contribution in [3.8, 4) is 0 Å². The van der Waals surface area contributed by atoms with Crippen LogP contribution in [0.15, 0.2) is 36.9 Å². The largest absolute Gasteiger partial charge is 0.253 e. The molecule has 4 rings (SSSR count). The van der Waals surface area contributed by atoms with E-state index >= 15 is 0 Å². The molecule has 4 nitrogen and oxygen atoms in total. The van der Waals surface area contributed by atoms with Gasteiger partial charge < -0.3 is 0 Å². The number of fused-ring (bicyclic) bond motifs is 4. The van der Waals surface area contributed by atoms with Crippen molar-refractivity contribution >= 4 is 42.8 Å². The molecule has 0 N–H and O–H groups in total. The van der Waals surface area contributed by atoms with E-state index in [4.69, 9.17) is 0 Å². The predicted molar refractivity (Wildman–Crippen MR) is 68.0 cm³/mol. The highest BCUT2D eigenvalue weighted by Gasteiger charge is 2.08. The Bertz CT molecular complexity index is 847. The summed E-state index contributed by atoms with van der Waals surface area (Å²) in [4.78, 5) is 17.2. The first-order valence-corrected chi connectivity index (χ1v) is 5.97. The lowest BCUT2D eigenvalue weighted by molar-refractivity contribution is 1.21. The van der Waals surface area contributed by atoms with E-state index in [1.165, 1.54) is 0 Å². The minimum atomic E-state index is 0.811. The average molecular weight is 238 g/mol. The molecule has 17 heavy (non-hydrogen) atoms. The molecule has 5 heteroatoms. The molecule has 80 valence electrons. The van der Waals surface area contributed by atoms with E-state index in [-0.39, 0.29) is 0 Å².